The van der Waals surface area contributed by atoms with Crippen LogP contribution in [0.5, 0.6) is 0 Å². The van der Waals surface area contributed by atoms with Crippen LogP contribution in [0.3, 0.4) is 0 Å². The van der Waals surface area contributed by atoms with Crippen molar-refractivity contribution in [3.8, 4) is 0 Å². The zero-order chi connectivity index (χ0) is 11.3. The maximum Gasteiger partial charge on any atom is 0.255 e. The summed E-state index contributed by atoms with van der Waals surface area (Å²) in [5, 5.41) is 0. The maximum atomic E-state index is 11.9. The molecule has 0 amide bonds. The predicted molar refractivity (Wildman–Crippen MR) is 62.7 cm³/mol. The van der Waals surface area contributed by atoms with E-state index >= 15 is 0 Å². The summed E-state index contributed by atoms with van der Waals surface area (Å²) in [5.74, 6) is 0.579. The largest absolute Gasteiger partial charge is 0.326 e. The van der Waals surface area contributed by atoms with Crippen molar-refractivity contribution in [2.45, 2.75) is 39.8 Å². The van der Waals surface area contributed by atoms with Gasteiger partial charge in [-0.25, -0.2) is 0 Å². The minimum atomic E-state index is 0.0619. The fraction of sp³-hybridized carbons (Fsp3) is 0.583. The molecule has 0 bridgehead atoms. The van der Waals surface area contributed by atoms with Crippen molar-refractivity contribution in [3.05, 3.63) is 34.2 Å². The Morgan fingerprint density at radius 2 is 2.07 bits per heavy atom. The minimum Gasteiger partial charge on any atom is -0.326 e. The van der Waals surface area contributed by atoms with Crippen molar-refractivity contribution >= 4 is 0 Å². The van der Waals surface area contributed by atoms with Gasteiger partial charge in [-0.1, -0.05) is 32.8 Å². The lowest BCUT2D eigenvalue weighted by molar-refractivity contribution is 0.411. The summed E-state index contributed by atoms with van der Waals surface area (Å²) >= 11 is 0. The summed E-state index contributed by atoms with van der Waals surface area (Å²) in [6, 6.07) is 3.69. The van der Waals surface area contributed by atoms with E-state index in [4.69, 9.17) is 5.73 Å². The third-order valence-electron chi connectivity index (χ3n) is 2.93. The highest BCUT2D eigenvalue weighted by Gasteiger charge is 2.07. The van der Waals surface area contributed by atoms with E-state index in [9.17, 15) is 4.79 Å². The quantitative estimate of drug-likeness (QED) is 0.801. The minimum absolute atomic E-state index is 0.0619. The van der Waals surface area contributed by atoms with Gasteiger partial charge in [-0.3, -0.25) is 4.79 Å². The normalized spacial score (nSPS) is 10.9. The molecule has 1 aromatic heterocycles. The lowest BCUT2D eigenvalue weighted by Gasteiger charge is -2.14. The molecule has 0 aliphatic carbocycles. The van der Waals surface area contributed by atoms with E-state index in [1.54, 1.807) is 10.6 Å². The first-order valence-corrected chi connectivity index (χ1v) is 5.61. The van der Waals surface area contributed by atoms with E-state index in [1.807, 2.05) is 12.3 Å². The second kappa shape index (κ2) is 5.71. The first-order chi connectivity index (χ1) is 7.22. The molecule has 0 aromatic carbocycles. The van der Waals surface area contributed by atoms with Gasteiger partial charge >= 0.3 is 0 Å². The van der Waals surface area contributed by atoms with E-state index in [1.165, 1.54) is 0 Å². The summed E-state index contributed by atoms with van der Waals surface area (Å²) in [7, 11) is 0. The van der Waals surface area contributed by atoms with Gasteiger partial charge < -0.3 is 10.3 Å². The highest BCUT2D eigenvalue weighted by Crippen LogP contribution is 2.09. The van der Waals surface area contributed by atoms with Gasteiger partial charge in [0, 0.05) is 24.8 Å². The van der Waals surface area contributed by atoms with Crippen LogP contribution in [-0.4, -0.2) is 4.57 Å². The predicted octanol–water partition coefficient (Wildman–Crippen LogP) is 1.74. The zero-order valence-electron chi connectivity index (χ0n) is 9.57. The first-order valence-electron chi connectivity index (χ1n) is 5.61. The topological polar surface area (TPSA) is 48.0 Å². The summed E-state index contributed by atoms with van der Waals surface area (Å²) < 4.78 is 1.78. The van der Waals surface area contributed by atoms with Crippen LogP contribution < -0.4 is 11.3 Å². The lowest BCUT2D eigenvalue weighted by atomic mass is 10.0. The number of pyridine rings is 1. The molecule has 0 aliphatic rings. The summed E-state index contributed by atoms with van der Waals surface area (Å²) in [6.07, 6.45) is 4.06. The number of aromatic nitrogens is 1. The molecular formula is C12H20N2O. The summed E-state index contributed by atoms with van der Waals surface area (Å²) in [4.78, 5) is 11.9. The van der Waals surface area contributed by atoms with Crippen molar-refractivity contribution in [3.63, 3.8) is 0 Å². The van der Waals surface area contributed by atoms with Crippen molar-refractivity contribution in [2.24, 2.45) is 11.7 Å². The summed E-state index contributed by atoms with van der Waals surface area (Å²) in [5.41, 5.74) is 6.26. The molecule has 0 spiro atoms. The number of nitrogens with zero attached hydrogens (tertiary/aromatic N) is 1. The Labute approximate surface area is 90.9 Å². The Balaban J connectivity index is 2.90. The molecule has 3 heteroatoms. The number of hydrogen-bond acceptors (Lipinski definition) is 2. The third kappa shape index (κ3) is 2.93. The Kier molecular flexibility index (Phi) is 4.56. The van der Waals surface area contributed by atoms with Crippen LogP contribution in [0.15, 0.2) is 23.1 Å². The van der Waals surface area contributed by atoms with Gasteiger partial charge in [0.15, 0.2) is 0 Å². The molecule has 0 unspecified atom stereocenters. The summed E-state index contributed by atoms with van der Waals surface area (Å²) in [6.45, 7) is 5.44. The average Bonchev–Trinajstić information content (AvgIpc) is 2.28. The van der Waals surface area contributed by atoms with Crippen molar-refractivity contribution in [1.82, 2.24) is 4.57 Å². The molecule has 84 valence electrons. The molecule has 2 N–H and O–H groups in total. The van der Waals surface area contributed by atoms with Crippen LogP contribution in [0.1, 0.15) is 32.3 Å². The van der Waals surface area contributed by atoms with Gasteiger partial charge in [-0.2, -0.15) is 0 Å². The second-order valence-corrected chi connectivity index (χ2v) is 3.88. The molecule has 0 saturated heterocycles. The molecule has 1 aromatic rings. The highest BCUT2D eigenvalue weighted by atomic mass is 16.1. The zero-order valence-corrected chi connectivity index (χ0v) is 9.57. The molecule has 0 aliphatic heterocycles. The van der Waals surface area contributed by atoms with Gasteiger partial charge in [0.1, 0.15) is 0 Å². The molecule has 0 radical (unpaired) electrons. The SMILES string of the molecule is CCC(CC)Cn1cccc(CN)c1=O. The third-order valence-corrected chi connectivity index (χ3v) is 2.93. The van der Waals surface area contributed by atoms with E-state index in [2.05, 4.69) is 13.8 Å². The molecule has 3 nitrogen and oxygen atoms in total. The van der Waals surface area contributed by atoms with Gasteiger partial charge in [-0.15, -0.1) is 0 Å². The second-order valence-electron chi connectivity index (χ2n) is 3.88. The van der Waals surface area contributed by atoms with Gasteiger partial charge in [0.05, 0.1) is 0 Å². The molecule has 1 rings (SSSR count). The first kappa shape index (κ1) is 12.0. The van der Waals surface area contributed by atoms with Crippen molar-refractivity contribution < 1.29 is 0 Å². The number of rotatable bonds is 5. The Hall–Kier alpha value is -1.09. The van der Waals surface area contributed by atoms with Crippen LogP contribution in [-0.2, 0) is 13.1 Å². The molecular weight excluding hydrogens is 188 g/mol. The van der Waals surface area contributed by atoms with Crippen LogP contribution in [0.2, 0.25) is 0 Å². The van der Waals surface area contributed by atoms with Crippen molar-refractivity contribution in [2.75, 3.05) is 0 Å². The van der Waals surface area contributed by atoms with Crippen molar-refractivity contribution in [1.29, 1.82) is 0 Å². The molecule has 0 saturated carbocycles. The van der Waals surface area contributed by atoms with E-state index in [0.29, 0.717) is 18.0 Å². The molecule has 15 heavy (non-hydrogen) atoms. The average molecular weight is 208 g/mol. The Morgan fingerprint density at radius 1 is 1.40 bits per heavy atom. The van der Waals surface area contributed by atoms with E-state index in [0.717, 1.165) is 19.4 Å². The molecule has 1 heterocycles. The number of nitrogens with two attached hydrogens (primary N) is 1. The lowest BCUT2D eigenvalue weighted by Crippen LogP contribution is -2.27. The van der Waals surface area contributed by atoms with Crippen LogP contribution in [0, 0.1) is 5.92 Å². The Bertz CT molecular complexity index is 353. The smallest absolute Gasteiger partial charge is 0.255 e. The van der Waals surface area contributed by atoms with E-state index in [-0.39, 0.29) is 5.56 Å². The highest BCUT2D eigenvalue weighted by molar-refractivity contribution is 5.09. The van der Waals surface area contributed by atoms with Crippen LogP contribution in [0.25, 0.3) is 0 Å². The standard InChI is InChI=1S/C12H20N2O/c1-3-10(4-2)9-14-7-5-6-11(8-13)12(14)15/h5-7,10H,3-4,8-9,13H2,1-2H3. The van der Waals surface area contributed by atoms with E-state index < -0.39 is 0 Å². The monoisotopic (exact) mass is 208 g/mol. The van der Waals surface area contributed by atoms with Gasteiger partial charge in [0.2, 0.25) is 0 Å². The number of hydrogen-bond donors (Lipinski definition) is 1. The maximum absolute atomic E-state index is 11.9. The van der Waals surface area contributed by atoms with Crippen LogP contribution in [0.4, 0.5) is 0 Å². The fourth-order valence-electron chi connectivity index (χ4n) is 1.71. The fourth-order valence-corrected chi connectivity index (χ4v) is 1.71. The molecule has 0 fully saturated rings. The molecule has 0 atom stereocenters. The Morgan fingerprint density at radius 3 is 2.60 bits per heavy atom. The van der Waals surface area contributed by atoms with Gasteiger partial charge in [-0.05, 0) is 12.0 Å². The van der Waals surface area contributed by atoms with Gasteiger partial charge in [0.25, 0.3) is 5.56 Å². The van der Waals surface area contributed by atoms with Crippen LogP contribution >= 0.6 is 0 Å².